The standard InChI is InChI=1S/C44H29BN2OS/c1-44(2,3)24-19-20-33-36(21-24)48-35-17-10-15-29-39-26-12-4-5-13-27(26)40-28-14-6-8-16-32(28)46-34-22-30-25-11-7-9-18-37(25)49-38(30)23-31(34)45(41(39)43(40)46)47(33)42(29)35/h4-23H,1-3H3. The Morgan fingerprint density at radius 2 is 1.41 bits per heavy atom. The van der Waals surface area contributed by atoms with Crippen LogP contribution in [0.3, 0.4) is 0 Å². The van der Waals surface area contributed by atoms with E-state index in [1.54, 1.807) is 0 Å². The van der Waals surface area contributed by atoms with E-state index >= 15 is 0 Å². The average molecular weight is 645 g/mol. The van der Waals surface area contributed by atoms with Gasteiger partial charge >= 0.3 is 6.85 Å². The molecule has 49 heavy (non-hydrogen) atoms. The van der Waals surface area contributed by atoms with E-state index in [2.05, 4.69) is 151 Å². The Hall–Kier alpha value is -5.52. The fraction of sp³-hybridized carbons (Fsp3) is 0.0909. The fourth-order valence-electron chi connectivity index (χ4n) is 9.19. The van der Waals surface area contributed by atoms with Crippen LogP contribution in [0.1, 0.15) is 26.3 Å². The van der Waals surface area contributed by atoms with Gasteiger partial charge in [-0.25, -0.2) is 0 Å². The van der Waals surface area contributed by atoms with Crippen molar-refractivity contribution in [2.45, 2.75) is 26.2 Å². The lowest BCUT2D eigenvalue weighted by atomic mass is 9.43. The predicted molar refractivity (Wildman–Crippen MR) is 209 cm³/mol. The van der Waals surface area contributed by atoms with Crippen LogP contribution in [0.25, 0.3) is 69.6 Å². The monoisotopic (exact) mass is 644 g/mol. The zero-order chi connectivity index (χ0) is 32.3. The third-order valence-electron chi connectivity index (χ3n) is 11.3. The normalized spacial score (nSPS) is 14.1. The molecule has 12 rings (SSSR count). The molecule has 3 aliphatic rings. The number of para-hydroxylation sites is 2. The number of anilines is 2. The summed E-state index contributed by atoms with van der Waals surface area (Å²) in [7, 11) is 0. The maximum Gasteiger partial charge on any atom is 0.333 e. The summed E-state index contributed by atoms with van der Waals surface area (Å²) in [6, 6.07) is 45.4. The maximum atomic E-state index is 6.88. The molecule has 230 valence electrons. The molecular formula is C44H29BN2OS. The number of hydrogen-bond donors (Lipinski definition) is 0. The molecule has 9 aromatic rings. The first-order valence-corrected chi connectivity index (χ1v) is 18.0. The van der Waals surface area contributed by atoms with Crippen LogP contribution < -0.4 is 20.5 Å². The van der Waals surface area contributed by atoms with Gasteiger partial charge in [0.25, 0.3) is 0 Å². The SMILES string of the molecule is CC(C)(C)c1ccc2c(c1)Oc1cccc3c1N2B1c2cc4sc5ccccc5c4cc2-n2c4ccccc4c4c5ccccc5c-3c1c42. The predicted octanol–water partition coefficient (Wildman–Crippen LogP) is 10.9. The van der Waals surface area contributed by atoms with Gasteiger partial charge in [-0.1, -0.05) is 99.6 Å². The molecule has 5 heteroatoms. The van der Waals surface area contributed by atoms with Crippen molar-refractivity contribution in [3.05, 3.63) is 127 Å². The van der Waals surface area contributed by atoms with Gasteiger partial charge in [-0.2, -0.15) is 0 Å². The zero-order valence-corrected chi connectivity index (χ0v) is 28.2. The molecule has 0 N–H and O–H groups in total. The van der Waals surface area contributed by atoms with Gasteiger partial charge in [-0.3, -0.25) is 0 Å². The van der Waals surface area contributed by atoms with Gasteiger partial charge in [-0.05, 0) is 80.7 Å². The van der Waals surface area contributed by atoms with Gasteiger partial charge in [-0.15, -0.1) is 11.3 Å². The lowest BCUT2D eigenvalue weighted by molar-refractivity contribution is 0.474. The minimum absolute atomic E-state index is 0.00521. The average Bonchev–Trinajstić information content (AvgIpc) is 3.66. The molecule has 3 nitrogen and oxygen atoms in total. The maximum absolute atomic E-state index is 6.88. The van der Waals surface area contributed by atoms with Gasteiger partial charge in [0, 0.05) is 42.2 Å². The highest BCUT2D eigenvalue weighted by atomic mass is 32.1. The van der Waals surface area contributed by atoms with E-state index in [-0.39, 0.29) is 12.3 Å². The molecule has 0 unspecified atom stereocenters. The summed E-state index contributed by atoms with van der Waals surface area (Å²) in [6.45, 7) is 6.78. The number of rotatable bonds is 0. The third-order valence-corrected chi connectivity index (χ3v) is 12.4. The molecule has 0 saturated carbocycles. The van der Waals surface area contributed by atoms with Crippen LogP contribution in [0.15, 0.2) is 121 Å². The van der Waals surface area contributed by atoms with E-state index in [0.717, 1.165) is 22.9 Å². The van der Waals surface area contributed by atoms with Gasteiger partial charge in [0.15, 0.2) is 5.75 Å². The Labute approximate surface area is 287 Å². The molecule has 0 bridgehead atoms. The van der Waals surface area contributed by atoms with E-state index in [9.17, 15) is 0 Å². The van der Waals surface area contributed by atoms with E-state index in [4.69, 9.17) is 4.74 Å². The Morgan fingerprint density at radius 1 is 0.633 bits per heavy atom. The third kappa shape index (κ3) is 3.16. The number of fused-ring (bicyclic) bond motifs is 16. The number of aromatic nitrogens is 1. The Balaban J connectivity index is 1.32. The van der Waals surface area contributed by atoms with Crippen LogP contribution in [0, 0.1) is 0 Å². The first-order valence-electron chi connectivity index (χ1n) is 17.1. The molecule has 3 aliphatic heterocycles. The molecule has 0 atom stereocenters. The molecule has 5 heterocycles. The molecule has 0 aliphatic carbocycles. The van der Waals surface area contributed by atoms with Gasteiger partial charge in [0.1, 0.15) is 5.75 Å². The summed E-state index contributed by atoms with van der Waals surface area (Å²) in [5, 5.41) is 7.89. The van der Waals surface area contributed by atoms with Crippen LogP contribution in [-0.4, -0.2) is 11.4 Å². The molecule has 0 radical (unpaired) electrons. The molecule has 0 saturated heterocycles. The molecular weight excluding hydrogens is 615 g/mol. The van der Waals surface area contributed by atoms with Crippen LogP contribution in [-0.2, 0) is 5.41 Å². The fourth-order valence-corrected chi connectivity index (χ4v) is 10.3. The van der Waals surface area contributed by atoms with Gasteiger partial charge < -0.3 is 14.1 Å². The lowest BCUT2D eigenvalue weighted by Gasteiger charge is -2.45. The Bertz CT molecular complexity index is 2980. The van der Waals surface area contributed by atoms with Crippen molar-refractivity contribution in [3.8, 4) is 28.3 Å². The largest absolute Gasteiger partial charge is 0.453 e. The topological polar surface area (TPSA) is 17.4 Å². The van der Waals surface area contributed by atoms with Crippen molar-refractivity contribution in [1.29, 1.82) is 0 Å². The summed E-state index contributed by atoms with van der Waals surface area (Å²) in [5.41, 5.74) is 12.7. The van der Waals surface area contributed by atoms with Crippen molar-refractivity contribution >= 4 is 93.2 Å². The van der Waals surface area contributed by atoms with Crippen molar-refractivity contribution in [1.82, 2.24) is 4.57 Å². The van der Waals surface area contributed by atoms with Crippen molar-refractivity contribution in [2.24, 2.45) is 0 Å². The molecule has 2 aromatic heterocycles. The van der Waals surface area contributed by atoms with Crippen molar-refractivity contribution in [2.75, 3.05) is 4.81 Å². The highest BCUT2D eigenvalue weighted by molar-refractivity contribution is 7.26. The summed E-state index contributed by atoms with van der Waals surface area (Å²) in [5.74, 6) is 1.84. The quantitative estimate of drug-likeness (QED) is 0.153. The van der Waals surface area contributed by atoms with Gasteiger partial charge in [0.2, 0.25) is 0 Å². The van der Waals surface area contributed by atoms with Gasteiger partial charge in [0.05, 0.1) is 22.4 Å². The lowest BCUT2D eigenvalue weighted by Crippen LogP contribution is -2.61. The first-order chi connectivity index (χ1) is 24.0. The van der Waals surface area contributed by atoms with E-state index < -0.39 is 0 Å². The van der Waals surface area contributed by atoms with E-state index in [1.807, 2.05) is 11.3 Å². The second kappa shape index (κ2) is 8.74. The second-order valence-electron chi connectivity index (χ2n) is 14.9. The van der Waals surface area contributed by atoms with Crippen LogP contribution in [0.5, 0.6) is 11.5 Å². The molecule has 0 amide bonds. The highest BCUT2D eigenvalue weighted by Gasteiger charge is 2.48. The molecule has 0 spiro atoms. The Kier molecular flexibility index (Phi) is 4.71. The Morgan fingerprint density at radius 3 is 2.27 bits per heavy atom. The van der Waals surface area contributed by atoms with Crippen LogP contribution in [0.4, 0.5) is 11.4 Å². The van der Waals surface area contributed by atoms with E-state index in [0.29, 0.717) is 0 Å². The zero-order valence-electron chi connectivity index (χ0n) is 27.3. The molecule has 0 fully saturated rings. The molecule has 7 aromatic carbocycles. The highest BCUT2D eigenvalue weighted by Crippen LogP contribution is 2.56. The number of nitrogens with zero attached hydrogens (tertiary/aromatic N) is 2. The number of ether oxygens (including phenoxy) is 1. The van der Waals surface area contributed by atoms with Crippen LogP contribution >= 0.6 is 11.3 Å². The number of benzene rings is 7. The smallest absolute Gasteiger partial charge is 0.333 e. The van der Waals surface area contributed by atoms with E-state index in [1.165, 1.54) is 86.1 Å². The van der Waals surface area contributed by atoms with Crippen molar-refractivity contribution < 1.29 is 4.74 Å². The summed E-state index contributed by atoms with van der Waals surface area (Å²) >= 11 is 1.90. The second-order valence-corrected chi connectivity index (χ2v) is 16.0. The summed E-state index contributed by atoms with van der Waals surface area (Å²) in [6.07, 6.45) is 0. The number of thiophene rings is 1. The summed E-state index contributed by atoms with van der Waals surface area (Å²) in [4.78, 5) is 2.62. The minimum atomic E-state index is -0.0414. The summed E-state index contributed by atoms with van der Waals surface area (Å²) < 4.78 is 12.1. The minimum Gasteiger partial charge on any atom is -0.453 e. The number of hydrogen-bond acceptors (Lipinski definition) is 3. The van der Waals surface area contributed by atoms with Crippen LogP contribution in [0.2, 0.25) is 0 Å². The first kappa shape index (κ1) is 26.4. The van der Waals surface area contributed by atoms with Crippen molar-refractivity contribution in [3.63, 3.8) is 0 Å².